The molecule has 0 aliphatic rings. The SMILES string of the molecule is CCCC(O)(CC)Cc1cccc(OC)c1. The van der Waals surface area contributed by atoms with Crippen molar-refractivity contribution in [3.63, 3.8) is 0 Å². The van der Waals surface area contributed by atoms with Gasteiger partial charge in [-0.05, 0) is 30.5 Å². The van der Waals surface area contributed by atoms with Gasteiger partial charge in [0, 0.05) is 6.42 Å². The quantitative estimate of drug-likeness (QED) is 0.801. The van der Waals surface area contributed by atoms with E-state index in [0.29, 0.717) is 6.42 Å². The number of ether oxygens (including phenoxy) is 1. The molecule has 0 aliphatic carbocycles. The molecule has 90 valence electrons. The Morgan fingerprint density at radius 3 is 2.62 bits per heavy atom. The van der Waals surface area contributed by atoms with Crippen molar-refractivity contribution in [2.45, 2.75) is 45.1 Å². The number of hydrogen-bond donors (Lipinski definition) is 1. The lowest BCUT2D eigenvalue weighted by Crippen LogP contribution is -2.30. The summed E-state index contributed by atoms with van der Waals surface area (Å²) in [7, 11) is 1.66. The highest BCUT2D eigenvalue weighted by atomic mass is 16.5. The third-order valence-electron chi connectivity index (χ3n) is 3.04. The second kappa shape index (κ2) is 5.90. The van der Waals surface area contributed by atoms with E-state index in [2.05, 4.69) is 6.92 Å². The van der Waals surface area contributed by atoms with Crippen molar-refractivity contribution in [1.82, 2.24) is 0 Å². The Bertz CT molecular complexity index is 322. The van der Waals surface area contributed by atoms with Gasteiger partial charge >= 0.3 is 0 Å². The van der Waals surface area contributed by atoms with E-state index in [0.717, 1.165) is 30.6 Å². The molecule has 16 heavy (non-hydrogen) atoms. The predicted octanol–water partition coefficient (Wildman–Crippen LogP) is 3.18. The fraction of sp³-hybridized carbons (Fsp3) is 0.571. The Morgan fingerprint density at radius 2 is 2.06 bits per heavy atom. The van der Waals surface area contributed by atoms with Gasteiger partial charge in [0.2, 0.25) is 0 Å². The maximum atomic E-state index is 10.4. The van der Waals surface area contributed by atoms with E-state index in [9.17, 15) is 5.11 Å². The Hall–Kier alpha value is -1.02. The highest BCUT2D eigenvalue weighted by Crippen LogP contribution is 2.24. The van der Waals surface area contributed by atoms with Crippen molar-refractivity contribution in [2.75, 3.05) is 7.11 Å². The molecule has 0 amide bonds. The summed E-state index contributed by atoms with van der Waals surface area (Å²) in [6.45, 7) is 4.14. The summed E-state index contributed by atoms with van der Waals surface area (Å²) in [5.41, 5.74) is 0.568. The van der Waals surface area contributed by atoms with Crippen LogP contribution in [0.3, 0.4) is 0 Å². The van der Waals surface area contributed by atoms with Crippen LogP contribution in [0.4, 0.5) is 0 Å². The summed E-state index contributed by atoms with van der Waals surface area (Å²) in [6, 6.07) is 7.93. The number of hydrogen-bond acceptors (Lipinski definition) is 2. The largest absolute Gasteiger partial charge is 0.497 e. The summed E-state index contributed by atoms with van der Waals surface area (Å²) in [6.07, 6.45) is 3.35. The Kier molecular flexibility index (Phi) is 4.81. The molecule has 0 radical (unpaired) electrons. The number of benzene rings is 1. The molecule has 0 aromatic heterocycles. The molecular formula is C14H22O2. The van der Waals surface area contributed by atoms with E-state index in [1.54, 1.807) is 7.11 Å². The standard InChI is InChI=1S/C14H22O2/c1-4-9-14(15,5-2)11-12-7-6-8-13(10-12)16-3/h6-8,10,15H,4-5,9,11H2,1-3H3. The van der Waals surface area contributed by atoms with Crippen molar-refractivity contribution in [3.8, 4) is 5.75 Å². The van der Waals surface area contributed by atoms with Crippen LogP contribution in [-0.4, -0.2) is 17.8 Å². The fourth-order valence-electron chi connectivity index (χ4n) is 2.02. The molecule has 1 aromatic carbocycles. The van der Waals surface area contributed by atoms with E-state index in [1.807, 2.05) is 31.2 Å². The molecule has 0 spiro atoms. The predicted molar refractivity (Wildman–Crippen MR) is 66.8 cm³/mol. The third-order valence-corrected chi connectivity index (χ3v) is 3.04. The molecule has 0 heterocycles. The topological polar surface area (TPSA) is 29.5 Å². The molecule has 1 rings (SSSR count). The first-order valence-corrected chi connectivity index (χ1v) is 5.99. The Labute approximate surface area is 98.3 Å². The Balaban J connectivity index is 2.77. The van der Waals surface area contributed by atoms with E-state index in [4.69, 9.17) is 4.74 Å². The maximum Gasteiger partial charge on any atom is 0.119 e. The van der Waals surface area contributed by atoms with Gasteiger partial charge in [0.25, 0.3) is 0 Å². The monoisotopic (exact) mass is 222 g/mol. The van der Waals surface area contributed by atoms with Crippen molar-refractivity contribution in [3.05, 3.63) is 29.8 Å². The van der Waals surface area contributed by atoms with Crippen LogP contribution in [0.15, 0.2) is 24.3 Å². The highest BCUT2D eigenvalue weighted by Gasteiger charge is 2.23. The molecule has 2 nitrogen and oxygen atoms in total. The minimum absolute atomic E-state index is 0.568. The van der Waals surface area contributed by atoms with Crippen LogP contribution in [0, 0.1) is 0 Å². The first kappa shape index (κ1) is 13.0. The summed E-state index contributed by atoms with van der Waals surface area (Å²) in [5.74, 6) is 0.854. The van der Waals surface area contributed by atoms with E-state index in [1.165, 1.54) is 0 Å². The van der Waals surface area contributed by atoms with E-state index in [-0.39, 0.29) is 0 Å². The van der Waals surface area contributed by atoms with Gasteiger partial charge in [0.15, 0.2) is 0 Å². The highest BCUT2D eigenvalue weighted by molar-refractivity contribution is 5.29. The molecule has 0 aliphatic heterocycles. The number of methoxy groups -OCH3 is 1. The van der Waals surface area contributed by atoms with Crippen LogP contribution in [0.25, 0.3) is 0 Å². The van der Waals surface area contributed by atoms with Crippen LogP contribution in [-0.2, 0) is 6.42 Å². The van der Waals surface area contributed by atoms with Crippen LogP contribution in [0.2, 0.25) is 0 Å². The van der Waals surface area contributed by atoms with Gasteiger partial charge in [-0.15, -0.1) is 0 Å². The van der Waals surface area contributed by atoms with Crippen molar-refractivity contribution >= 4 is 0 Å². The number of rotatable bonds is 6. The van der Waals surface area contributed by atoms with Gasteiger partial charge in [0.1, 0.15) is 5.75 Å². The summed E-state index contributed by atoms with van der Waals surface area (Å²) in [4.78, 5) is 0. The van der Waals surface area contributed by atoms with E-state index < -0.39 is 5.60 Å². The third kappa shape index (κ3) is 3.53. The molecule has 0 bridgehead atoms. The lowest BCUT2D eigenvalue weighted by Gasteiger charge is -2.26. The normalized spacial score (nSPS) is 14.5. The molecular weight excluding hydrogens is 200 g/mol. The maximum absolute atomic E-state index is 10.4. The average Bonchev–Trinajstić information content (AvgIpc) is 2.29. The molecule has 2 heteroatoms. The molecule has 1 unspecified atom stereocenters. The number of aliphatic hydroxyl groups is 1. The molecule has 1 aromatic rings. The van der Waals surface area contributed by atoms with Gasteiger partial charge in [0.05, 0.1) is 12.7 Å². The second-order valence-corrected chi connectivity index (χ2v) is 4.36. The van der Waals surface area contributed by atoms with Gasteiger partial charge in [-0.1, -0.05) is 32.4 Å². The Morgan fingerprint density at radius 1 is 1.31 bits per heavy atom. The van der Waals surface area contributed by atoms with Crippen molar-refractivity contribution in [2.24, 2.45) is 0 Å². The zero-order chi connectivity index (χ0) is 12.0. The van der Waals surface area contributed by atoms with E-state index >= 15 is 0 Å². The molecule has 0 saturated heterocycles. The van der Waals surface area contributed by atoms with Gasteiger partial charge < -0.3 is 9.84 Å². The molecule has 0 saturated carbocycles. The smallest absolute Gasteiger partial charge is 0.119 e. The summed E-state index contributed by atoms with van der Waals surface area (Å²) in [5, 5.41) is 10.4. The summed E-state index contributed by atoms with van der Waals surface area (Å²) < 4.78 is 5.18. The minimum atomic E-state index is -0.568. The molecule has 0 fully saturated rings. The second-order valence-electron chi connectivity index (χ2n) is 4.36. The van der Waals surface area contributed by atoms with Crippen LogP contribution in [0.5, 0.6) is 5.75 Å². The molecule has 1 N–H and O–H groups in total. The zero-order valence-electron chi connectivity index (χ0n) is 10.5. The van der Waals surface area contributed by atoms with Crippen molar-refractivity contribution in [1.29, 1.82) is 0 Å². The molecule has 1 atom stereocenters. The van der Waals surface area contributed by atoms with Crippen LogP contribution in [0.1, 0.15) is 38.7 Å². The fourth-order valence-corrected chi connectivity index (χ4v) is 2.02. The average molecular weight is 222 g/mol. The lowest BCUT2D eigenvalue weighted by atomic mass is 9.88. The van der Waals surface area contributed by atoms with Crippen LogP contribution < -0.4 is 4.74 Å². The zero-order valence-corrected chi connectivity index (χ0v) is 10.5. The first-order chi connectivity index (χ1) is 7.63. The van der Waals surface area contributed by atoms with Crippen LogP contribution >= 0.6 is 0 Å². The van der Waals surface area contributed by atoms with Gasteiger partial charge in [-0.3, -0.25) is 0 Å². The van der Waals surface area contributed by atoms with Gasteiger partial charge in [-0.25, -0.2) is 0 Å². The summed E-state index contributed by atoms with van der Waals surface area (Å²) >= 11 is 0. The first-order valence-electron chi connectivity index (χ1n) is 5.99. The van der Waals surface area contributed by atoms with Gasteiger partial charge in [-0.2, -0.15) is 0 Å². The minimum Gasteiger partial charge on any atom is -0.497 e. The lowest BCUT2D eigenvalue weighted by molar-refractivity contribution is 0.0270. The van der Waals surface area contributed by atoms with Crippen molar-refractivity contribution < 1.29 is 9.84 Å².